The Bertz CT molecular complexity index is 1540. The largest absolute Gasteiger partial charge is 0.497 e. The summed E-state index contributed by atoms with van der Waals surface area (Å²) in [5.41, 5.74) is 3.42. The van der Waals surface area contributed by atoms with Gasteiger partial charge in [-0.2, -0.15) is 0 Å². The maximum atomic E-state index is 13.4. The molecule has 3 amide bonds. The summed E-state index contributed by atoms with van der Waals surface area (Å²) in [5.74, 6) is -0.289. The lowest BCUT2D eigenvalue weighted by Gasteiger charge is -2.36. The Morgan fingerprint density at radius 3 is 2.07 bits per heavy atom. The van der Waals surface area contributed by atoms with E-state index in [1.54, 1.807) is 67.8 Å². The highest BCUT2D eigenvalue weighted by Crippen LogP contribution is 2.21. The number of piperazine rings is 1. The molecule has 0 aromatic heterocycles. The summed E-state index contributed by atoms with van der Waals surface area (Å²) < 4.78 is 18.6. The molecule has 1 N–H and O–H groups in total. The van der Waals surface area contributed by atoms with Crippen molar-refractivity contribution in [3.8, 4) is 5.75 Å². The lowest BCUT2D eigenvalue weighted by molar-refractivity contribution is -0.117. The predicted molar refractivity (Wildman–Crippen MR) is 164 cm³/mol. The van der Waals surface area contributed by atoms with E-state index < -0.39 is 0 Å². The molecule has 5 rings (SSSR count). The van der Waals surface area contributed by atoms with Crippen molar-refractivity contribution in [2.75, 3.05) is 50.1 Å². The SMILES string of the molecule is COc1ccc(C(=O)N2CCN(c3ccc(NC(=O)CN(Cc4ccc(F)cc4)C(=O)c4ccccc4)cc3)CC2)cc1. The zero-order valence-corrected chi connectivity index (χ0v) is 23.9. The van der Waals surface area contributed by atoms with Gasteiger partial charge in [0, 0.05) is 55.2 Å². The summed E-state index contributed by atoms with van der Waals surface area (Å²) >= 11 is 0. The third-order valence-electron chi connectivity index (χ3n) is 7.35. The van der Waals surface area contributed by atoms with Crippen molar-refractivity contribution >= 4 is 29.1 Å². The molecule has 0 atom stereocenters. The van der Waals surface area contributed by atoms with Crippen LogP contribution in [0.15, 0.2) is 103 Å². The van der Waals surface area contributed by atoms with E-state index in [-0.39, 0.29) is 36.6 Å². The number of rotatable bonds is 9. The topological polar surface area (TPSA) is 82.2 Å². The smallest absolute Gasteiger partial charge is 0.254 e. The van der Waals surface area contributed by atoms with Crippen LogP contribution in [0.2, 0.25) is 0 Å². The van der Waals surface area contributed by atoms with Crippen LogP contribution in [0.1, 0.15) is 26.3 Å². The molecule has 0 bridgehead atoms. The van der Waals surface area contributed by atoms with Crippen LogP contribution in [-0.4, -0.2) is 67.4 Å². The van der Waals surface area contributed by atoms with Gasteiger partial charge in [0.15, 0.2) is 0 Å². The molecule has 1 saturated heterocycles. The quantitative estimate of drug-likeness (QED) is 0.299. The molecule has 0 spiro atoms. The molecule has 4 aromatic rings. The summed E-state index contributed by atoms with van der Waals surface area (Å²) in [6.45, 7) is 2.57. The van der Waals surface area contributed by atoms with E-state index in [4.69, 9.17) is 4.74 Å². The molecule has 1 aliphatic rings. The Balaban J connectivity index is 1.17. The van der Waals surface area contributed by atoms with Crippen LogP contribution in [0.4, 0.5) is 15.8 Å². The summed E-state index contributed by atoms with van der Waals surface area (Å²) in [6.07, 6.45) is 0. The van der Waals surface area contributed by atoms with Crippen molar-refractivity contribution in [2.24, 2.45) is 0 Å². The Labute approximate surface area is 250 Å². The fraction of sp³-hybridized carbons (Fsp3) is 0.206. The van der Waals surface area contributed by atoms with Gasteiger partial charge in [-0.15, -0.1) is 0 Å². The first-order valence-electron chi connectivity index (χ1n) is 14.1. The Kier molecular flexibility index (Phi) is 9.31. The van der Waals surface area contributed by atoms with Crippen molar-refractivity contribution in [1.82, 2.24) is 9.80 Å². The van der Waals surface area contributed by atoms with E-state index in [0.29, 0.717) is 54.3 Å². The van der Waals surface area contributed by atoms with Crippen LogP contribution in [0.5, 0.6) is 5.75 Å². The average molecular weight is 581 g/mol. The number of hydrogen-bond donors (Lipinski definition) is 1. The van der Waals surface area contributed by atoms with Gasteiger partial charge >= 0.3 is 0 Å². The van der Waals surface area contributed by atoms with E-state index in [2.05, 4.69) is 10.2 Å². The molecular formula is C34H33FN4O4. The van der Waals surface area contributed by atoms with Gasteiger partial charge in [-0.1, -0.05) is 30.3 Å². The highest BCUT2D eigenvalue weighted by atomic mass is 19.1. The zero-order valence-electron chi connectivity index (χ0n) is 23.9. The number of nitrogens with zero attached hydrogens (tertiary/aromatic N) is 3. The van der Waals surface area contributed by atoms with Crippen molar-refractivity contribution < 1.29 is 23.5 Å². The highest BCUT2D eigenvalue weighted by Gasteiger charge is 2.23. The van der Waals surface area contributed by atoms with E-state index in [0.717, 1.165) is 5.69 Å². The molecule has 0 radical (unpaired) electrons. The Hall–Kier alpha value is -5.18. The van der Waals surface area contributed by atoms with Crippen molar-refractivity contribution in [3.63, 3.8) is 0 Å². The number of carbonyl (C=O) groups is 3. The summed E-state index contributed by atoms with van der Waals surface area (Å²) in [6, 6.07) is 29.3. The first-order valence-corrected chi connectivity index (χ1v) is 14.1. The minimum Gasteiger partial charge on any atom is -0.497 e. The molecule has 1 aliphatic heterocycles. The van der Waals surface area contributed by atoms with Gasteiger partial charge in [-0.3, -0.25) is 14.4 Å². The summed E-state index contributed by atoms with van der Waals surface area (Å²) in [4.78, 5) is 44.6. The summed E-state index contributed by atoms with van der Waals surface area (Å²) in [5, 5.41) is 2.88. The minimum absolute atomic E-state index is 0.000388. The van der Waals surface area contributed by atoms with Crippen LogP contribution in [0.3, 0.4) is 0 Å². The van der Waals surface area contributed by atoms with E-state index in [9.17, 15) is 18.8 Å². The van der Waals surface area contributed by atoms with Crippen LogP contribution in [-0.2, 0) is 11.3 Å². The van der Waals surface area contributed by atoms with Crippen LogP contribution in [0, 0.1) is 5.82 Å². The zero-order chi connectivity index (χ0) is 30.2. The lowest BCUT2D eigenvalue weighted by Crippen LogP contribution is -2.48. The fourth-order valence-corrected chi connectivity index (χ4v) is 4.99. The molecule has 0 aliphatic carbocycles. The minimum atomic E-state index is -0.366. The molecule has 9 heteroatoms. The number of anilines is 2. The van der Waals surface area contributed by atoms with Gasteiger partial charge in [0.25, 0.3) is 11.8 Å². The average Bonchev–Trinajstić information content (AvgIpc) is 3.05. The van der Waals surface area contributed by atoms with Gasteiger partial charge in [0.05, 0.1) is 7.11 Å². The Morgan fingerprint density at radius 2 is 1.44 bits per heavy atom. The maximum Gasteiger partial charge on any atom is 0.254 e. The van der Waals surface area contributed by atoms with Gasteiger partial charge in [0.1, 0.15) is 18.1 Å². The highest BCUT2D eigenvalue weighted by molar-refractivity contribution is 5.99. The van der Waals surface area contributed by atoms with E-state index in [1.807, 2.05) is 35.2 Å². The van der Waals surface area contributed by atoms with Gasteiger partial charge in [0.2, 0.25) is 5.91 Å². The number of nitrogens with one attached hydrogen (secondary N) is 1. The molecular weight excluding hydrogens is 547 g/mol. The Morgan fingerprint density at radius 1 is 0.791 bits per heavy atom. The van der Waals surface area contributed by atoms with Gasteiger partial charge in [-0.25, -0.2) is 4.39 Å². The number of methoxy groups -OCH3 is 1. The molecule has 4 aromatic carbocycles. The number of halogens is 1. The molecule has 0 unspecified atom stereocenters. The first-order chi connectivity index (χ1) is 20.9. The van der Waals surface area contributed by atoms with Gasteiger partial charge < -0.3 is 24.8 Å². The lowest BCUT2D eigenvalue weighted by atomic mass is 10.1. The normalized spacial score (nSPS) is 12.9. The molecule has 8 nitrogen and oxygen atoms in total. The van der Waals surface area contributed by atoms with Crippen molar-refractivity contribution in [2.45, 2.75) is 6.54 Å². The maximum absolute atomic E-state index is 13.4. The standard InChI is InChI=1S/C34H33FN4O4/c1-43-31-17-9-27(10-18-31)33(41)38-21-19-37(20-22-38)30-15-13-29(14-16-30)36-32(40)24-39(23-25-7-11-28(35)12-8-25)34(42)26-5-3-2-4-6-26/h2-18H,19-24H2,1H3,(H,36,40). The molecule has 220 valence electrons. The number of benzene rings is 4. The fourth-order valence-electron chi connectivity index (χ4n) is 4.99. The predicted octanol–water partition coefficient (Wildman–Crippen LogP) is 5.08. The second kappa shape index (κ2) is 13.7. The van der Waals surface area contributed by atoms with E-state index in [1.165, 1.54) is 17.0 Å². The molecule has 0 saturated carbocycles. The van der Waals surface area contributed by atoms with Gasteiger partial charge in [-0.05, 0) is 78.4 Å². The third-order valence-corrected chi connectivity index (χ3v) is 7.35. The number of carbonyl (C=O) groups excluding carboxylic acids is 3. The van der Waals surface area contributed by atoms with Crippen molar-refractivity contribution in [1.29, 1.82) is 0 Å². The number of amides is 3. The molecule has 1 heterocycles. The van der Waals surface area contributed by atoms with E-state index >= 15 is 0 Å². The first kappa shape index (κ1) is 29.3. The van der Waals surface area contributed by atoms with Crippen LogP contribution in [0.25, 0.3) is 0 Å². The second-order valence-corrected chi connectivity index (χ2v) is 10.3. The second-order valence-electron chi connectivity index (χ2n) is 10.3. The van der Waals surface area contributed by atoms with Crippen molar-refractivity contribution in [3.05, 3.63) is 126 Å². The van der Waals surface area contributed by atoms with Crippen LogP contribution < -0.4 is 15.0 Å². The summed E-state index contributed by atoms with van der Waals surface area (Å²) in [7, 11) is 1.59. The number of hydrogen-bond acceptors (Lipinski definition) is 5. The molecule has 1 fully saturated rings. The monoisotopic (exact) mass is 580 g/mol. The van der Waals surface area contributed by atoms with Crippen LogP contribution >= 0.6 is 0 Å². The number of ether oxygens (including phenoxy) is 1. The molecule has 43 heavy (non-hydrogen) atoms. The third kappa shape index (κ3) is 7.56.